The first-order chi connectivity index (χ1) is 42.1. The molecule has 9 aromatic carbocycles. The molecule has 4 nitrogen and oxygen atoms in total. The summed E-state index contributed by atoms with van der Waals surface area (Å²) in [7, 11) is 0. The standard InChI is InChI=1S/C68H58N4/c1-45-34-46(2)66(47(3)35-45)54-37-49(36-48-30-31-58-57-26-16-17-27-61(57)72(64(58)39-48)65-43-55(32-33-69-65)68(4,5)6)38-56(40-54)70-44-71(63-29-19-18-28-62(63)70)67-59(51-22-12-8-13-23-51)41-53(50-20-10-7-11-21-50)42-60(67)52-24-14-9-15-25-52/h7-35,37-43H,36,44H2,1-6H3/i7D,8D,9D,10D,11D,12D,13D,14D,15D,20D,21D,22D,23D,24D,25D,41D,42D. The van der Waals surface area contributed by atoms with Crippen LogP contribution in [0.1, 0.15) is 77.5 Å². The molecule has 11 aromatic rings. The average Bonchev–Trinajstić information content (AvgIpc) is 1.60. The van der Waals surface area contributed by atoms with Gasteiger partial charge in [0.25, 0.3) is 0 Å². The van der Waals surface area contributed by atoms with Crippen LogP contribution in [0.3, 0.4) is 0 Å². The fourth-order valence-corrected chi connectivity index (χ4v) is 10.4. The minimum atomic E-state index is -0.845. The van der Waals surface area contributed by atoms with Gasteiger partial charge in [0.1, 0.15) is 12.5 Å². The van der Waals surface area contributed by atoms with Gasteiger partial charge in [0, 0.05) is 33.8 Å². The van der Waals surface area contributed by atoms with Gasteiger partial charge < -0.3 is 9.80 Å². The van der Waals surface area contributed by atoms with Crippen molar-refractivity contribution < 1.29 is 23.3 Å². The van der Waals surface area contributed by atoms with Gasteiger partial charge in [-0.1, -0.05) is 178 Å². The summed E-state index contributed by atoms with van der Waals surface area (Å²) in [5.74, 6) is 0.788. The lowest BCUT2D eigenvalue weighted by Gasteiger charge is -2.28. The van der Waals surface area contributed by atoms with Crippen molar-refractivity contribution in [3.63, 3.8) is 0 Å². The van der Waals surface area contributed by atoms with Crippen LogP contribution in [0.2, 0.25) is 0 Å². The van der Waals surface area contributed by atoms with Gasteiger partial charge in [-0.2, -0.15) is 0 Å². The summed E-state index contributed by atoms with van der Waals surface area (Å²) in [6.45, 7) is 12.5. The van der Waals surface area contributed by atoms with Crippen molar-refractivity contribution in [2.24, 2.45) is 0 Å². The van der Waals surface area contributed by atoms with E-state index in [1.165, 1.54) is 0 Å². The highest BCUT2D eigenvalue weighted by Crippen LogP contribution is 2.52. The van der Waals surface area contributed by atoms with Gasteiger partial charge in [0.05, 0.1) is 51.4 Å². The monoisotopic (exact) mass is 948 g/mol. The molecule has 0 radical (unpaired) electrons. The molecule has 4 heteroatoms. The number of fused-ring (bicyclic) bond motifs is 4. The van der Waals surface area contributed by atoms with Crippen LogP contribution in [0, 0.1) is 20.8 Å². The molecule has 0 saturated heterocycles. The van der Waals surface area contributed by atoms with E-state index in [1.807, 2.05) is 48.4 Å². The smallest absolute Gasteiger partial charge is 0.137 e. The number of benzene rings is 9. The minimum Gasteiger partial charge on any atom is -0.321 e. The molecule has 0 saturated carbocycles. The van der Waals surface area contributed by atoms with E-state index < -0.39 is 136 Å². The van der Waals surface area contributed by atoms with Crippen molar-refractivity contribution in [2.45, 2.75) is 53.4 Å². The van der Waals surface area contributed by atoms with E-state index in [4.69, 9.17) is 17.3 Å². The lowest BCUT2D eigenvalue weighted by Crippen LogP contribution is -2.25. The number of aryl methyl sites for hydroxylation is 3. The molecule has 0 atom stereocenters. The van der Waals surface area contributed by atoms with Gasteiger partial charge in [-0.05, 0) is 154 Å². The summed E-state index contributed by atoms with van der Waals surface area (Å²) in [5, 5.41) is 2.13. The van der Waals surface area contributed by atoms with Gasteiger partial charge in [0.15, 0.2) is 0 Å². The summed E-state index contributed by atoms with van der Waals surface area (Å²) in [6.07, 6.45) is 2.30. The summed E-state index contributed by atoms with van der Waals surface area (Å²) in [6, 6.07) is 22.9. The molecule has 350 valence electrons. The van der Waals surface area contributed by atoms with E-state index in [-0.39, 0.29) is 17.8 Å². The molecule has 1 aliphatic rings. The van der Waals surface area contributed by atoms with Crippen molar-refractivity contribution in [1.82, 2.24) is 9.55 Å². The van der Waals surface area contributed by atoms with E-state index in [9.17, 15) is 11.0 Å². The first kappa shape index (κ1) is 29.7. The normalized spacial score (nSPS) is 15.8. The Morgan fingerprint density at radius 3 is 1.78 bits per heavy atom. The highest BCUT2D eigenvalue weighted by atomic mass is 15.4. The lowest BCUT2D eigenvalue weighted by molar-refractivity contribution is 0.588. The molecule has 2 aromatic heterocycles. The molecule has 3 heterocycles. The van der Waals surface area contributed by atoms with Crippen LogP contribution in [-0.2, 0) is 11.8 Å². The van der Waals surface area contributed by atoms with Crippen LogP contribution >= 0.6 is 0 Å². The molecule has 72 heavy (non-hydrogen) atoms. The molecule has 1 aliphatic heterocycles. The number of anilines is 4. The predicted octanol–water partition coefficient (Wildman–Crippen LogP) is 17.9. The number of hydrogen-bond donors (Lipinski definition) is 0. The molecule has 0 amide bonds. The molecule has 12 rings (SSSR count). The Bertz CT molecular complexity index is 4670. The molecule has 0 spiro atoms. The Balaban J connectivity index is 1.14. The van der Waals surface area contributed by atoms with Crippen molar-refractivity contribution in [2.75, 3.05) is 16.5 Å². The van der Waals surface area contributed by atoms with Crippen molar-refractivity contribution in [1.29, 1.82) is 0 Å². The topological polar surface area (TPSA) is 24.3 Å². The molecule has 0 unspecified atom stereocenters. The molecule has 0 N–H and O–H groups in total. The van der Waals surface area contributed by atoms with Crippen LogP contribution in [0.5, 0.6) is 0 Å². The lowest BCUT2D eigenvalue weighted by atomic mass is 9.88. The second kappa shape index (κ2) is 18.0. The maximum Gasteiger partial charge on any atom is 0.137 e. The maximum absolute atomic E-state index is 10.3. The van der Waals surface area contributed by atoms with Crippen LogP contribution in [0.4, 0.5) is 22.7 Å². The zero-order chi connectivity index (χ0) is 63.9. The zero-order valence-corrected chi connectivity index (χ0v) is 40.7. The van der Waals surface area contributed by atoms with Crippen LogP contribution in [0.15, 0.2) is 218 Å². The molecular weight excluding hydrogens is 873 g/mol. The number of hydrogen-bond acceptors (Lipinski definition) is 3. The summed E-state index contributed by atoms with van der Waals surface area (Å²) >= 11 is 0. The summed E-state index contributed by atoms with van der Waals surface area (Å²) < 4.78 is 158. The van der Waals surface area contributed by atoms with Crippen LogP contribution in [-0.4, -0.2) is 16.2 Å². The maximum atomic E-state index is 10.3. The minimum absolute atomic E-state index is 0.137. The van der Waals surface area contributed by atoms with E-state index in [0.29, 0.717) is 23.5 Å². The molecular formula is C68H58N4. The Morgan fingerprint density at radius 1 is 0.528 bits per heavy atom. The van der Waals surface area contributed by atoms with Crippen molar-refractivity contribution in [3.8, 4) is 50.3 Å². The highest BCUT2D eigenvalue weighted by molar-refractivity contribution is 6.09. The van der Waals surface area contributed by atoms with E-state index in [2.05, 4.69) is 106 Å². The molecule has 0 bridgehead atoms. The molecule has 0 aliphatic carbocycles. The van der Waals surface area contributed by atoms with Crippen LogP contribution < -0.4 is 9.80 Å². The van der Waals surface area contributed by atoms with Gasteiger partial charge in [-0.25, -0.2) is 4.98 Å². The summed E-state index contributed by atoms with van der Waals surface area (Å²) in [4.78, 5) is 8.51. The number of para-hydroxylation sites is 3. The molecule has 0 fully saturated rings. The number of nitrogens with zero attached hydrogens (tertiary/aromatic N) is 4. The highest BCUT2D eigenvalue weighted by Gasteiger charge is 2.32. The summed E-state index contributed by atoms with van der Waals surface area (Å²) in [5.41, 5.74) is 7.71. The van der Waals surface area contributed by atoms with Gasteiger partial charge in [0.2, 0.25) is 0 Å². The van der Waals surface area contributed by atoms with E-state index >= 15 is 0 Å². The number of pyridine rings is 1. The SMILES string of the molecule is [2H]c1c([2H])c([2H])c(-c2c([2H])c(-c3c([2H])c([2H])c([2H])c([2H])c3[2H])c(N3CN(c4cc(Cc5ccc6c7ccccc7n(-c7cc(C(C)(C)C)ccn7)c6c5)cc(-c5c(C)cc(C)cc5C)c4)c4ccccc43)c(-c3c([2H])c([2H])c([2H])c([2H])c3[2H])c2[2H])c([2H])c1[2H]. The van der Waals surface area contributed by atoms with Crippen molar-refractivity contribution in [3.05, 3.63) is 251 Å². The zero-order valence-electron chi connectivity index (χ0n) is 57.7. The third-order valence-electron chi connectivity index (χ3n) is 13.5. The number of aromatic nitrogens is 2. The second-order valence-corrected chi connectivity index (χ2v) is 19.4. The number of rotatable bonds is 9. The van der Waals surface area contributed by atoms with Crippen molar-refractivity contribution >= 4 is 44.6 Å². The van der Waals surface area contributed by atoms with Gasteiger partial charge >= 0.3 is 0 Å². The first-order valence-corrected chi connectivity index (χ1v) is 23.9. The third kappa shape index (κ3) is 8.13. The van der Waals surface area contributed by atoms with Gasteiger partial charge in [-0.3, -0.25) is 4.57 Å². The average molecular weight is 948 g/mol. The largest absolute Gasteiger partial charge is 0.321 e. The Kier molecular flexibility index (Phi) is 7.43. The Morgan fingerprint density at radius 2 is 1.12 bits per heavy atom. The van der Waals surface area contributed by atoms with E-state index in [0.717, 1.165) is 72.1 Å². The predicted molar refractivity (Wildman–Crippen MR) is 305 cm³/mol. The van der Waals surface area contributed by atoms with Gasteiger partial charge in [-0.15, -0.1) is 0 Å². The Labute approximate surface area is 448 Å². The van der Waals surface area contributed by atoms with E-state index in [1.54, 1.807) is 17.0 Å². The Hall–Kier alpha value is -8.47. The third-order valence-corrected chi connectivity index (χ3v) is 13.5. The second-order valence-electron chi connectivity index (χ2n) is 19.4. The quantitative estimate of drug-likeness (QED) is 0.144. The fourth-order valence-electron chi connectivity index (χ4n) is 10.4. The fraction of sp³-hybridized carbons (Fsp3) is 0.132. The first-order valence-electron chi connectivity index (χ1n) is 32.4. The van der Waals surface area contributed by atoms with Crippen LogP contribution in [0.25, 0.3) is 72.1 Å².